The predicted molar refractivity (Wildman–Crippen MR) is 118 cm³/mol. The van der Waals surface area contributed by atoms with E-state index in [1.807, 2.05) is 0 Å². The maximum Gasteiger partial charge on any atom is 0.574 e. The second-order valence-electron chi connectivity index (χ2n) is 7.76. The highest BCUT2D eigenvalue weighted by atomic mass is 19.4. The van der Waals surface area contributed by atoms with Gasteiger partial charge in [-0.15, -0.1) is 13.2 Å². The number of nitrogens with zero attached hydrogens (tertiary/aromatic N) is 1. The van der Waals surface area contributed by atoms with Crippen LogP contribution in [0.1, 0.15) is 49.3 Å². The Kier molecular flexibility index (Phi) is 8.10. The maximum atomic E-state index is 12.2. The number of pyridine rings is 1. The van der Waals surface area contributed by atoms with Gasteiger partial charge in [0, 0.05) is 12.3 Å². The Labute approximate surface area is 182 Å². The SMILES string of the molecule is CCCCCCc1ccc(-c2ccc(CCc3ccc(OC(F)(F)F)nc3)cc2)cc1. The lowest BCUT2D eigenvalue weighted by molar-refractivity contribution is -0.276. The van der Waals surface area contributed by atoms with Crippen molar-refractivity contribution in [3.05, 3.63) is 83.6 Å². The van der Waals surface area contributed by atoms with Crippen LogP contribution < -0.4 is 4.74 Å². The topological polar surface area (TPSA) is 22.1 Å². The Hall–Kier alpha value is -2.82. The molecule has 0 fully saturated rings. The first kappa shape index (κ1) is 22.9. The van der Waals surface area contributed by atoms with Crippen LogP contribution in [0, 0.1) is 0 Å². The quantitative estimate of drug-likeness (QED) is 0.312. The molecule has 3 rings (SSSR count). The fourth-order valence-corrected chi connectivity index (χ4v) is 3.51. The van der Waals surface area contributed by atoms with E-state index in [4.69, 9.17) is 0 Å². The van der Waals surface area contributed by atoms with Gasteiger partial charge in [-0.3, -0.25) is 0 Å². The van der Waals surface area contributed by atoms with E-state index in [2.05, 4.69) is 65.2 Å². The van der Waals surface area contributed by atoms with Crippen molar-refractivity contribution in [1.82, 2.24) is 4.98 Å². The van der Waals surface area contributed by atoms with Gasteiger partial charge >= 0.3 is 6.36 Å². The number of unbranched alkanes of at least 4 members (excludes halogenated alkanes) is 3. The molecule has 0 aliphatic rings. The van der Waals surface area contributed by atoms with E-state index in [1.54, 1.807) is 6.07 Å². The van der Waals surface area contributed by atoms with Gasteiger partial charge in [0.15, 0.2) is 0 Å². The molecule has 0 spiro atoms. The van der Waals surface area contributed by atoms with Gasteiger partial charge in [-0.25, -0.2) is 4.98 Å². The van der Waals surface area contributed by atoms with Crippen molar-refractivity contribution in [2.24, 2.45) is 0 Å². The summed E-state index contributed by atoms with van der Waals surface area (Å²) in [5.41, 5.74) is 5.81. The molecule has 0 unspecified atom stereocenters. The third-order valence-electron chi connectivity index (χ3n) is 5.28. The second kappa shape index (κ2) is 11.0. The molecule has 0 N–H and O–H groups in total. The van der Waals surface area contributed by atoms with Crippen LogP contribution in [-0.4, -0.2) is 11.3 Å². The van der Waals surface area contributed by atoms with Crippen LogP contribution >= 0.6 is 0 Å². The summed E-state index contributed by atoms with van der Waals surface area (Å²) in [4.78, 5) is 3.72. The highest BCUT2D eigenvalue weighted by Crippen LogP contribution is 2.23. The standard InChI is InChI=1S/C26H28F3NO/c1-2-3-4-5-6-20-9-14-23(15-10-20)24-16-11-21(12-17-24)7-8-22-13-18-25(30-19-22)31-26(27,28)29/h9-19H,2-8H2,1H3. The minimum absolute atomic E-state index is 0.437. The van der Waals surface area contributed by atoms with E-state index < -0.39 is 12.2 Å². The summed E-state index contributed by atoms with van der Waals surface area (Å²) in [6.07, 6.45) is 4.44. The lowest BCUT2D eigenvalue weighted by Gasteiger charge is -2.09. The molecule has 1 aromatic heterocycles. The molecule has 0 amide bonds. The number of alkyl halides is 3. The molecule has 5 heteroatoms. The van der Waals surface area contributed by atoms with Crippen LogP contribution in [0.4, 0.5) is 13.2 Å². The summed E-state index contributed by atoms with van der Waals surface area (Å²) in [6, 6.07) is 20.1. The number of ether oxygens (including phenoxy) is 1. The monoisotopic (exact) mass is 427 g/mol. The van der Waals surface area contributed by atoms with E-state index in [0.29, 0.717) is 6.42 Å². The van der Waals surface area contributed by atoms with Crippen molar-refractivity contribution in [2.75, 3.05) is 0 Å². The molecule has 0 saturated heterocycles. The number of benzene rings is 2. The van der Waals surface area contributed by atoms with Gasteiger partial charge in [0.1, 0.15) is 0 Å². The predicted octanol–water partition coefficient (Wildman–Crippen LogP) is 7.56. The first-order valence-electron chi connectivity index (χ1n) is 10.8. The Morgan fingerprint density at radius 3 is 1.74 bits per heavy atom. The zero-order valence-electron chi connectivity index (χ0n) is 17.8. The minimum Gasteiger partial charge on any atom is -0.388 e. The first-order valence-corrected chi connectivity index (χ1v) is 10.8. The zero-order chi connectivity index (χ0) is 22.1. The van der Waals surface area contributed by atoms with Crippen molar-refractivity contribution in [2.45, 2.75) is 58.2 Å². The third-order valence-corrected chi connectivity index (χ3v) is 5.28. The van der Waals surface area contributed by atoms with Crippen LogP contribution in [0.5, 0.6) is 5.88 Å². The van der Waals surface area contributed by atoms with E-state index >= 15 is 0 Å². The van der Waals surface area contributed by atoms with Gasteiger partial charge in [0.05, 0.1) is 0 Å². The number of aryl methyl sites for hydroxylation is 3. The summed E-state index contributed by atoms with van der Waals surface area (Å²) in [6.45, 7) is 2.23. The number of rotatable bonds is 10. The number of aromatic nitrogens is 1. The van der Waals surface area contributed by atoms with Gasteiger partial charge in [-0.05, 0) is 53.5 Å². The second-order valence-corrected chi connectivity index (χ2v) is 7.76. The molecule has 0 aliphatic carbocycles. The van der Waals surface area contributed by atoms with Gasteiger partial charge in [0.25, 0.3) is 0 Å². The lowest BCUT2D eigenvalue weighted by atomic mass is 9.99. The summed E-state index contributed by atoms with van der Waals surface area (Å²) >= 11 is 0. The van der Waals surface area contributed by atoms with Crippen molar-refractivity contribution >= 4 is 0 Å². The highest BCUT2D eigenvalue weighted by Gasteiger charge is 2.31. The molecule has 0 bridgehead atoms. The summed E-state index contributed by atoms with van der Waals surface area (Å²) in [5, 5.41) is 0. The molecule has 2 nitrogen and oxygen atoms in total. The fourth-order valence-electron chi connectivity index (χ4n) is 3.51. The Morgan fingerprint density at radius 1 is 0.677 bits per heavy atom. The van der Waals surface area contributed by atoms with Gasteiger partial charge in [-0.2, -0.15) is 0 Å². The Bertz CT molecular complexity index is 917. The molecule has 0 atom stereocenters. The molecular weight excluding hydrogens is 399 g/mol. The van der Waals surface area contributed by atoms with Gasteiger partial charge < -0.3 is 4.74 Å². The van der Waals surface area contributed by atoms with Crippen LogP contribution in [0.3, 0.4) is 0 Å². The molecule has 31 heavy (non-hydrogen) atoms. The van der Waals surface area contributed by atoms with Crippen molar-refractivity contribution in [3.63, 3.8) is 0 Å². The number of halogens is 3. The molecule has 1 heterocycles. The molecule has 3 aromatic rings. The lowest BCUT2D eigenvalue weighted by Crippen LogP contribution is -2.17. The number of hydrogen-bond donors (Lipinski definition) is 0. The first-order chi connectivity index (χ1) is 14.9. The van der Waals surface area contributed by atoms with Crippen LogP contribution in [0.15, 0.2) is 66.9 Å². The Balaban J connectivity index is 1.51. The van der Waals surface area contributed by atoms with E-state index in [-0.39, 0.29) is 0 Å². The van der Waals surface area contributed by atoms with E-state index in [9.17, 15) is 13.2 Å². The van der Waals surface area contributed by atoms with E-state index in [0.717, 1.165) is 18.4 Å². The van der Waals surface area contributed by atoms with Crippen molar-refractivity contribution < 1.29 is 17.9 Å². The van der Waals surface area contributed by atoms with Gasteiger partial charge in [0.2, 0.25) is 5.88 Å². The number of hydrogen-bond acceptors (Lipinski definition) is 2. The zero-order valence-corrected chi connectivity index (χ0v) is 17.8. The third kappa shape index (κ3) is 7.74. The largest absolute Gasteiger partial charge is 0.574 e. The molecule has 0 radical (unpaired) electrons. The highest BCUT2D eigenvalue weighted by molar-refractivity contribution is 5.64. The fraction of sp³-hybridized carbons (Fsp3) is 0.346. The molecular formula is C26H28F3NO. The van der Waals surface area contributed by atoms with Crippen LogP contribution in [0.25, 0.3) is 11.1 Å². The summed E-state index contributed by atoms with van der Waals surface area (Å²) in [5.74, 6) is -0.437. The summed E-state index contributed by atoms with van der Waals surface area (Å²) in [7, 11) is 0. The van der Waals surface area contributed by atoms with E-state index in [1.165, 1.54) is 60.2 Å². The molecule has 0 aliphatic heterocycles. The Morgan fingerprint density at radius 2 is 1.23 bits per heavy atom. The normalized spacial score (nSPS) is 11.5. The van der Waals surface area contributed by atoms with Crippen molar-refractivity contribution in [1.29, 1.82) is 0 Å². The van der Waals surface area contributed by atoms with Crippen molar-refractivity contribution in [3.8, 4) is 17.0 Å². The average Bonchev–Trinajstić information content (AvgIpc) is 2.76. The average molecular weight is 428 g/mol. The minimum atomic E-state index is -4.72. The maximum absolute atomic E-state index is 12.2. The van der Waals surface area contributed by atoms with Crippen LogP contribution in [-0.2, 0) is 19.3 Å². The van der Waals surface area contributed by atoms with Gasteiger partial charge in [-0.1, -0.05) is 80.8 Å². The summed E-state index contributed by atoms with van der Waals surface area (Å²) < 4.78 is 40.4. The van der Waals surface area contributed by atoms with Crippen LogP contribution in [0.2, 0.25) is 0 Å². The molecule has 2 aromatic carbocycles. The molecule has 0 saturated carbocycles. The molecule has 164 valence electrons. The smallest absolute Gasteiger partial charge is 0.388 e.